The van der Waals surface area contributed by atoms with Gasteiger partial charge in [-0.2, -0.15) is 0 Å². The molecule has 0 fully saturated rings. The van der Waals surface area contributed by atoms with Crippen LogP contribution in [0, 0.1) is 6.92 Å². The molecule has 3 heteroatoms. The summed E-state index contributed by atoms with van der Waals surface area (Å²) in [6.45, 7) is 6.83. The van der Waals surface area contributed by atoms with Crippen molar-refractivity contribution in [1.82, 2.24) is 0 Å². The third kappa shape index (κ3) is 3.03. The number of ether oxygens (including phenoxy) is 1. The number of aryl methyl sites for hydroxylation is 2. The largest absolute Gasteiger partial charge is 0.493 e. The second-order valence-corrected chi connectivity index (χ2v) is 5.11. The Morgan fingerprint density at radius 1 is 1.20 bits per heavy atom. The van der Waals surface area contributed by atoms with Crippen molar-refractivity contribution >= 4 is 11.0 Å². The number of fused-ring (bicyclic) bond motifs is 1. The molecule has 0 saturated heterocycles. The predicted molar refractivity (Wildman–Crippen MR) is 81.6 cm³/mol. The van der Waals surface area contributed by atoms with Gasteiger partial charge < -0.3 is 9.15 Å². The Balaban J connectivity index is 2.51. The first-order valence-electron chi connectivity index (χ1n) is 7.36. The molecule has 108 valence electrons. The molecule has 2 rings (SSSR count). The first kappa shape index (κ1) is 14.6. The SMILES string of the molecule is CCCCc1cc(=O)oc2c(C)c(OCCC)ccc12. The molecule has 2 aromatic rings. The van der Waals surface area contributed by atoms with Crippen LogP contribution < -0.4 is 10.4 Å². The van der Waals surface area contributed by atoms with Crippen molar-refractivity contribution < 1.29 is 9.15 Å². The molecule has 0 bridgehead atoms. The van der Waals surface area contributed by atoms with Crippen molar-refractivity contribution in [3.63, 3.8) is 0 Å². The van der Waals surface area contributed by atoms with Crippen molar-refractivity contribution in [2.45, 2.75) is 46.5 Å². The zero-order valence-electron chi connectivity index (χ0n) is 12.5. The summed E-state index contributed by atoms with van der Waals surface area (Å²) in [5, 5.41) is 1.03. The Bertz CT molecular complexity index is 640. The molecular weight excluding hydrogens is 252 g/mol. The third-order valence-electron chi connectivity index (χ3n) is 3.46. The maximum absolute atomic E-state index is 11.7. The monoisotopic (exact) mass is 274 g/mol. The quantitative estimate of drug-likeness (QED) is 0.740. The number of benzene rings is 1. The van der Waals surface area contributed by atoms with Gasteiger partial charge in [0.2, 0.25) is 0 Å². The molecule has 0 spiro atoms. The molecule has 0 aliphatic rings. The van der Waals surface area contributed by atoms with Crippen molar-refractivity contribution in [3.8, 4) is 5.75 Å². The summed E-state index contributed by atoms with van der Waals surface area (Å²) in [6, 6.07) is 5.59. The fourth-order valence-electron chi connectivity index (χ4n) is 2.35. The summed E-state index contributed by atoms with van der Waals surface area (Å²) in [7, 11) is 0. The van der Waals surface area contributed by atoms with Crippen LogP contribution >= 0.6 is 0 Å². The van der Waals surface area contributed by atoms with E-state index in [0.29, 0.717) is 12.2 Å². The van der Waals surface area contributed by atoms with Crippen LogP contribution in [0.15, 0.2) is 27.4 Å². The highest BCUT2D eigenvalue weighted by molar-refractivity contribution is 5.84. The smallest absolute Gasteiger partial charge is 0.336 e. The van der Waals surface area contributed by atoms with E-state index in [1.807, 2.05) is 19.1 Å². The van der Waals surface area contributed by atoms with E-state index in [1.54, 1.807) is 6.07 Å². The molecular formula is C17H22O3. The highest BCUT2D eigenvalue weighted by Gasteiger charge is 2.11. The molecule has 0 unspecified atom stereocenters. The Kier molecular flexibility index (Phi) is 4.83. The lowest BCUT2D eigenvalue weighted by Gasteiger charge is -2.11. The highest BCUT2D eigenvalue weighted by Crippen LogP contribution is 2.29. The van der Waals surface area contributed by atoms with Crippen molar-refractivity contribution in [2.24, 2.45) is 0 Å². The topological polar surface area (TPSA) is 39.4 Å². The molecule has 0 amide bonds. The Morgan fingerprint density at radius 2 is 2.00 bits per heavy atom. The minimum absolute atomic E-state index is 0.278. The van der Waals surface area contributed by atoms with Crippen LogP contribution in [0.3, 0.4) is 0 Å². The second kappa shape index (κ2) is 6.60. The van der Waals surface area contributed by atoms with Crippen LogP contribution in [0.5, 0.6) is 5.75 Å². The molecule has 1 aromatic carbocycles. The fraction of sp³-hybridized carbons (Fsp3) is 0.471. The summed E-state index contributed by atoms with van der Waals surface area (Å²) in [4.78, 5) is 11.7. The summed E-state index contributed by atoms with van der Waals surface area (Å²) in [6.07, 6.45) is 4.05. The van der Waals surface area contributed by atoms with Gasteiger partial charge in [-0.3, -0.25) is 0 Å². The molecule has 0 aliphatic heterocycles. The van der Waals surface area contributed by atoms with Gasteiger partial charge in [-0.05, 0) is 43.9 Å². The minimum Gasteiger partial charge on any atom is -0.493 e. The Morgan fingerprint density at radius 3 is 2.70 bits per heavy atom. The number of hydrogen-bond acceptors (Lipinski definition) is 3. The van der Waals surface area contributed by atoms with Gasteiger partial charge in [0.05, 0.1) is 6.61 Å². The summed E-state index contributed by atoms with van der Waals surface area (Å²) in [5.74, 6) is 0.801. The van der Waals surface area contributed by atoms with Gasteiger partial charge in [0.1, 0.15) is 11.3 Å². The molecule has 0 saturated carbocycles. The molecule has 0 N–H and O–H groups in total. The lowest BCUT2D eigenvalue weighted by Crippen LogP contribution is -2.03. The Labute approximate surface area is 119 Å². The zero-order valence-corrected chi connectivity index (χ0v) is 12.5. The predicted octanol–water partition coefficient (Wildman–Crippen LogP) is 4.23. The van der Waals surface area contributed by atoms with E-state index in [0.717, 1.165) is 47.9 Å². The van der Waals surface area contributed by atoms with Gasteiger partial charge >= 0.3 is 5.63 Å². The van der Waals surface area contributed by atoms with E-state index in [-0.39, 0.29) is 5.63 Å². The van der Waals surface area contributed by atoms with Gasteiger partial charge in [0.25, 0.3) is 0 Å². The normalized spacial score (nSPS) is 10.9. The maximum atomic E-state index is 11.7. The van der Waals surface area contributed by atoms with E-state index < -0.39 is 0 Å². The van der Waals surface area contributed by atoms with Gasteiger partial charge in [-0.15, -0.1) is 0 Å². The van der Waals surface area contributed by atoms with Gasteiger partial charge in [-0.25, -0.2) is 4.79 Å². The van der Waals surface area contributed by atoms with Gasteiger partial charge in [0.15, 0.2) is 0 Å². The molecule has 3 nitrogen and oxygen atoms in total. The molecule has 0 radical (unpaired) electrons. The van der Waals surface area contributed by atoms with Crippen molar-refractivity contribution in [1.29, 1.82) is 0 Å². The molecule has 20 heavy (non-hydrogen) atoms. The van der Waals surface area contributed by atoms with Crippen LogP contribution in [0.25, 0.3) is 11.0 Å². The molecule has 1 aromatic heterocycles. The first-order chi connectivity index (χ1) is 9.67. The average molecular weight is 274 g/mol. The molecule has 0 aliphatic carbocycles. The third-order valence-corrected chi connectivity index (χ3v) is 3.46. The number of hydrogen-bond donors (Lipinski definition) is 0. The second-order valence-electron chi connectivity index (χ2n) is 5.11. The van der Waals surface area contributed by atoms with Crippen LogP contribution in [0.2, 0.25) is 0 Å². The van der Waals surface area contributed by atoms with Gasteiger partial charge in [0, 0.05) is 17.0 Å². The Hall–Kier alpha value is -1.77. The van der Waals surface area contributed by atoms with Crippen LogP contribution in [-0.2, 0) is 6.42 Å². The van der Waals surface area contributed by atoms with E-state index in [4.69, 9.17) is 9.15 Å². The van der Waals surface area contributed by atoms with Crippen molar-refractivity contribution in [2.75, 3.05) is 6.61 Å². The maximum Gasteiger partial charge on any atom is 0.336 e. The van der Waals surface area contributed by atoms with Crippen LogP contribution in [0.1, 0.15) is 44.2 Å². The van der Waals surface area contributed by atoms with E-state index >= 15 is 0 Å². The lowest BCUT2D eigenvalue weighted by molar-refractivity contribution is 0.315. The summed E-state index contributed by atoms with van der Waals surface area (Å²) >= 11 is 0. The van der Waals surface area contributed by atoms with Crippen LogP contribution in [0.4, 0.5) is 0 Å². The standard InChI is InChI=1S/C17H22O3/c1-4-6-7-13-11-16(18)20-17-12(3)15(19-10-5-2)9-8-14(13)17/h8-9,11H,4-7,10H2,1-3H3. The molecule has 0 atom stereocenters. The van der Waals surface area contributed by atoms with E-state index in [2.05, 4.69) is 13.8 Å². The summed E-state index contributed by atoms with van der Waals surface area (Å²) < 4.78 is 11.1. The van der Waals surface area contributed by atoms with Crippen molar-refractivity contribution in [3.05, 3.63) is 39.7 Å². The number of rotatable bonds is 6. The lowest BCUT2D eigenvalue weighted by atomic mass is 10.0. The van der Waals surface area contributed by atoms with Gasteiger partial charge in [-0.1, -0.05) is 20.3 Å². The first-order valence-corrected chi connectivity index (χ1v) is 7.36. The minimum atomic E-state index is -0.278. The molecule has 1 heterocycles. The zero-order chi connectivity index (χ0) is 14.5. The average Bonchev–Trinajstić information content (AvgIpc) is 2.44. The number of unbranched alkanes of at least 4 members (excludes halogenated alkanes) is 1. The summed E-state index contributed by atoms with van der Waals surface area (Å²) in [5.41, 5.74) is 2.37. The van der Waals surface area contributed by atoms with Crippen LogP contribution in [-0.4, -0.2) is 6.61 Å². The van der Waals surface area contributed by atoms with E-state index in [1.165, 1.54) is 0 Å². The fourth-order valence-corrected chi connectivity index (χ4v) is 2.35. The van der Waals surface area contributed by atoms with E-state index in [9.17, 15) is 4.79 Å². The highest BCUT2D eigenvalue weighted by atomic mass is 16.5.